The van der Waals surface area contributed by atoms with Gasteiger partial charge in [-0.3, -0.25) is 10.1 Å². The highest BCUT2D eigenvalue weighted by Crippen LogP contribution is 2.46. The van der Waals surface area contributed by atoms with Crippen LogP contribution in [0.2, 0.25) is 0 Å². The average Bonchev–Trinajstić information content (AvgIpc) is 3.19. The maximum Gasteiger partial charge on any atom is 0.350 e. The van der Waals surface area contributed by atoms with Crippen LogP contribution in [0.25, 0.3) is 0 Å². The van der Waals surface area contributed by atoms with Gasteiger partial charge in [0.1, 0.15) is 15.1 Å². The number of carbonyl (C=O) groups is 1. The van der Waals surface area contributed by atoms with Crippen molar-refractivity contribution in [3.63, 3.8) is 0 Å². The van der Waals surface area contributed by atoms with Gasteiger partial charge in [0.25, 0.3) is 0 Å². The molecule has 1 fully saturated rings. The highest BCUT2D eigenvalue weighted by molar-refractivity contribution is 9.10. The van der Waals surface area contributed by atoms with Crippen molar-refractivity contribution in [1.82, 2.24) is 0 Å². The fraction of sp³-hybridized carbons (Fsp3) is 0.417. The molecular formula is C12H12BrNO7S. The summed E-state index contributed by atoms with van der Waals surface area (Å²) in [5, 5.41) is 11.2. The van der Waals surface area contributed by atoms with Gasteiger partial charge in [-0.15, -0.1) is 0 Å². The molecule has 0 bridgehead atoms. The van der Waals surface area contributed by atoms with Gasteiger partial charge >= 0.3 is 11.7 Å². The predicted molar refractivity (Wildman–Crippen MR) is 78.5 cm³/mol. The molecule has 1 aromatic carbocycles. The third-order valence-corrected chi connectivity index (χ3v) is 5.09. The summed E-state index contributed by atoms with van der Waals surface area (Å²) in [6.07, 6.45) is 1.72. The number of sulfone groups is 1. The monoisotopic (exact) mass is 393 g/mol. The zero-order valence-corrected chi connectivity index (χ0v) is 14.1. The maximum absolute atomic E-state index is 11.7. The largest absolute Gasteiger partial charge is 0.474 e. The van der Waals surface area contributed by atoms with Crippen LogP contribution in [-0.2, 0) is 19.4 Å². The van der Waals surface area contributed by atoms with Gasteiger partial charge in [-0.1, -0.05) is 0 Å². The number of nitro groups is 1. The van der Waals surface area contributed by atoms with Crippen molar-refractivity contribution in [2.75, 3.05) is 13.4 Å². The third-order valence-electron chi connectivity index (χ3n) is 3.19. The Hall–Kier alpha value is -1.68. The van der Waals surface area contributed by atoms with Crippen LogP contribution in [0.1, 0.15) is 12.8 Å². The molecule has 0 aromatic heterocycles. The molecule has 0 radical (unpaired) electrons. The van der Waals surface area contributed by atoms with Crippen LogP contribution in [0.15, 0.2) is 21.5 Å². The first-order chi connectivity index (χ1) is 10.1. The summed E-state index contributed by atoms with van der Waals surface area (Å²) in [6.45, 7) is 0. The second-order valence-corrected chi connectivity index (χ2v) is 7.62. The van der Waals surface area contributed by atoms with Crippen LogP contribution in [0.3, 0.4) is 0 Å². The van der Waals surface area contributed by atoms with Gasteiger partial charge in [0, 0.05) is 19.1 Å². The van der Waals surface area contributed by atoms with Gasteiger partial charge in [0.05, 0.1) is 12.0 Å². The molecule has 0 N–H and O–H groups in total. The van der Waals surface area contributed by atoms with E-state index in [0.29, 0.717) is 12.8 Å². The predicted octanol–water partition coefficient (Wildman–Crippen LogP) is 1.85. The van der Waals surface area contributed by atoms with Crippen molar-refractivity contribution in [1.29, 1.82) is 0 Å². The van der Waals surface area contributed by atoms with Crippen LogP contribution in [0.5, 0.6) is 5.75 Å². The number of ether oxygens (including phenoxy) is 2. The van der Waals surface area contributed by atoms with Gasteiger partial charge in [-0.2, -0.15) is 0 Å². The summed E-state index contributed by atoms with van der Waals surface area (Å²) in [5.74, 6) is -0.559. The normalized spacial score (nSPS) is 16.0. The molecule has 0 saturated heterocycles. The lowest BCUT2D eigenvalue weighted by molar-refractivity contribution is -0.388. The number of carbonyl (C=O) groups excluding carboxylic acids is 1. The number of esters is 1. The second-order valence-electron chi connectivity index (χ2n) is 4.84. The Kier molecular flexibility index (Phi) is 4.18. The number of hydrogen-bond donors (Lipinski definition) is 0. The van der Waals surface area contributed by atoms with E-state index < -0.39 is 36.9 Å². The minimum absolute atomic E-state index is 0.0157. The van der Waals surface area contributed by atoms with Gasteiger partial charge in [-0.05, 0) is 28.1 Å². The quantitative estimate of drug-likeness (QED) is 0.425. The first-order valence-electron chi connectivity index (χ1n) is 6.07. The smallest absolute Gasteiger partial charge is 0.350 e. The molecule has 0 amide bonds. The number of methoxy groups -OCH3 is 1. The SMILES string of the molecule is COC(=O)C1(Oc2ccc(S(C)(=O)=O)c([N+](=O)[O-])c2Br)CC1. The number of hydrogen-bond acceptors (Lipinski definition) is 7. The zero-order chi connectivity index (χ0) is 16.7. The van der Waals surface area contributed by atoms with Crippen molar-refractivity contribution in [2.24, 2.45) is 0 Å². The Bertz CT molecular complexity index is 755. The summed E-state index contributed by atoms with van der Waals surface area (Å²) < 4.78 is 33.3. The van der Waals surface area contributed by atoms with Gasteiger partial charge < -0.3 is 9.47 Å². The average molecular weight is 394 g/mol. The van der Waals surface area contributed by atoms with E-state index in [9.17, 15) is 23.3 Å². The Morgan fingerprint density at radius 1 is 1.41 bits per heavy atom. The molecule has 0 aliphatic heterocycles. The minimum atomic E-state index is -3.79. The second kappa shape index (κ2) is 5.51. The molecule has 0 heterocycles. The minimum Gasteiger partial charge on any atom is -0.474 e. The lowest BCUT2D eigenvalue weighted by Gasteiger charge is -2.17. The van der Waals surface area contributed by atoms with E-state index in [2.05, 4.69) is 20.7 Å². The molecule has 22 heavy (non-hydrogen) atoms. The van der Waals surface area contributed by atoms with Crippen molar-refractivity contribution in [2.45, 2.75) is 23.3 Å². The lowest BCUT2D eigenvalue weighted by Crippen LogP contribution is -2.30. The van der Waals surface area contributed by atoms with Crippen molar-refractivity contribution in [3.8, 4) is 5.75 Å². The first-order valence-corrected chi connectivity index (χ1v) is 8.75. The van der Waals surface area contributed by atoms with Crippen LogP contribution >= 0.6 is 15.9 Å². The standard InChI is InChI=1S/C12H12BrNO7S/c1-20-11(15)12(5-6-12)21-7-3-4-8(22(2,18)19)10(9(7)13)14(16)17/h3-4H,5-6H2,1-2H3. The molecule has 120 valence electrons. The Morgan fingerprint density at radius 3 is 2.41 bits per heavy atom. The topological polar surface area (TPSA) is 113 Å². The Morgan fingerprint density at radius 2 is 2.00 bits per heavy atom. The first kappa shape index (κ1) is 16.7. The fourth-order valence-electron chi connectivity index (χ4n) is 1.93. The molecule has 1 aliphatic rings. The molecule has 0 unspecified atom stereocenters. The van der Waals surface area contributed by atoms with Crippen molar-refractivity contribution < 1.29 is 27.6 Å². The summed E-state index contributed by atoms with van der Waals surface area (Å²) in [7, 11) is -2.57. The van der Waals surface area contributed by atoms with E-state index >= 15 is 0 Å². The van der Waals surface area contributed by atoms with E-state index in [1.165, 1.54) is 13.2 Å². The summed E-state index contributed by atoms with van der Waals surface area (Å²) in [6, 6.07) is 2.36. The van der Waals surface area contributed by atoms with Gasteiger partial charge in [-0.25, -0.2) is 13.2 Å². The number of nitrogens with zero attached hydrogens (tertiary/aromatic N) is 1. The Labute approximate surface area is 134 Å². The summed E-state index contributed by atoms with van der Waals surface area (Å²) in [5.41, 5.74) is -1.78. The molecule has 0 atom stereocenters. The van der Waals surface area contributed by atoms with Crippen LogP contribution in [0.4, 0.5) is 5.69 Å². The molecule has 1 aromatic rings. The Balaban J connectivity index is 2.50. The highest BCUT2D eigenvalue weighted by atomic mass is 79.9. The van der Waals surface area contributed by atoms with Crippen molar-refractivity contribution >= 4 is 37.4 Å². The van der Waals surface area contributed by atoms with Gasteiger partial charge in [0.2, 0.25) is 5.60 Å². The molecule has 8 nitrogen and oxygen atoms in total. The molecule has 10 heteroatoms. The van der Waals surface area contributed by atoms with E-state index in [1.54, 1.807) is 0 Å². The molecule has 1 saturated carbocycles. The molecule has 1 aliphatic carbocycles. The highest BCUT2D eigenvalue weighted by Gasteiger charge is 2.55. The fourth-order valence-corrected chi connectivity index (χ4v) is 3.48. The van der Waals surface area contributed by atoms with E-state index in [0.717, 1.165) is 12.3 Å². The van der Waals surface area contributed by atoms with Crippen molar-refractivity contribution in [3.05, 3.63) is 26.7 Å². The summed E-state index contributed by atoms with van der Waals surface area (Å²) >= 11 is 2.99. The number of benzene rings is 1. The third kappa shape index (κ3) is 2.93. The van der Waals surface area contributed by atoms with E-state index in [-0.39, 0.29) is 10.2 Å². The number of halogens is 1. The van der Waals surface area contributed by atoms with Crippen LogP contribution in [0, 0.1) is 10.1 Å². The van der Waals surface area contributed by atoms with E-state index in [4.69, 9.17) is 4.74 Å². The summed E-state index contributed by atoms with van der Waals surface area (Å²) in [4.78, 5) is 21.6. The lowest BCUT2D eigenvalue weighted by atomic mass is 10.3. The van der Waals surface area contributed by atoms with Crippen LogP contribution < -0.4 is 4.74 Å². The van der Waals surface area contributed by atoms with Crippen LogP contribution in [-0.4, -0.2) is 38.3 Å². The van der Waals surface area contributed by atoms with E-state index in [1.807, 2.05) is 0 Å². The zero-order valence-electron chi connectivity index (χ0n) is 11.7. The number of nitro benzene ring substituents is 1. The maximum atomic E-state index is 11.7. The van der Waals surface area contributed by atoms with Gasteiger partial charge in [0.15, 0.2) is 9.84 Å². The molecule has 2 rings (SSSR count). The number of rotatable bonds is 5. The molecular weight excluding hydrogens is 382 g/mol. The molecule has 0 spiro atoms.